The number of aromatic carboxylic acids is 1. The second-order valence-electron chi connectivity index (χ2n) is 4.73. The Balaban J connectivity index is 1.97. The van der Waals surface area contributed by atoms with E-state index >= 15 is 0 Å². The second-order valence-corrected chi connectivity index (χ2v) is 5.12. The van der Waals surface area contributed by atoms with Crippen molar-refractivity contribution in [1.82, 2.24) is 14.8 Å². The fraction of sp³-hybridized carbons (Fsp3) is 0.0625. The molecule has 3 rings (SSSR count). The topological polar surface area (TPSA) is 68.0 Å². The van der Waals surface area contributed by atoms with Crippen LogP contribution < -0.4 is 0 Å². The summed E-state index contributed by atoms with van der Waals surface area (Å²) in [4.78, 5) is 15.4. The molecule has 1 aromatic carbocycles. The molecule has 0 saturated carbocycles. The second kappa shape index (κ2) is 5.99. The van der Waals surface area contributed by atoms with Gasteiger partial charge in [-0.05, 0) is 17.7 Å². The van der Waals surface area contributed by atoms with Gasteiger partial charge >= 0.3 is 5.97 Å². The van der Waals surface area contributed by atoms with Gasteiger partial charge in [0.2, 0.25) is 0 Å². The van der Waals surface area contributed by atoms with Crippen molar-refractivity contribution in [2.24, 2.45) is 0 Å². The molecule has 3 aromatic rings. The Labute approximate surface area is 131 Å². The first-order valence-corrected chi connectivity index (χ1v) is 6.98. The van der Waals surface area contributed by atoms with Crippen LogP contribution in [0.4, 0.5) is 0 Å². The fourth-order valence-electron chi connectivity index (χ4n) is 2.13. The molecule has 0 unspecified atom stereocenters. The maximum Gasteiger partial charge on any atom is 0.354 e. The Morgan fingerprint density at radius 2 is 1.95 bits per heavy atom. The summed E-state index contributed by atoms with van der Waals surface area (Å²) in [6.07, 6.45) is 1.61. The van der Waals surface area contributed by atoms with Gasteiger partial charge in [0.05, 0.1) is 12.2 Å². The lowest BCUT2D eigenvalue weighted by Gasteiger charge is -2.04. The molecule has 2 aromatic heterocycles. The predicted octanol–water partition coefficient (Wildman–Crippen LogP) is 3.35. The highest BCUT2D eigenvalue weighted by atomic mass is 35.5. The third-order valence-corrected chi connectivity index (χ3v) is 3.41. The summed E-state index contributed by atoms with van der Waals surface area (Å²) in [5.74, 6) is -1.02. The van der Waals surface area contributed by atoms with E-state index in [4.69, 9.17) is 11.6 Å². The van der Waals surface area contributed by atoms with Crippen LogP contribution in [0.5, 0.6) is 0 Å². The molecule has 0 atom stereocenters. The normalized spacial score (nSPS) is 10.6. The van der Waals surface area contributed by atoms with E-state index in [9.17, 15) is 9.90 Å². The number of carboxylic acids is 1. The zero-order chi connectivity index (χ0) is 15.5. The Hall–Kier alpha value is -2.66. The van der Waals surface area contributed by atoms with Crippen molar-refractivity contribution < 1.29 is 9.90 Å². The molecule has 0 radical (unpaired) electrons. The van der Waals surface area contributed by atoms with Gasteiger partial charge in [0.15, 0.2) is 0 Å². The number of carboxylic acid groups (broad SMARTS) is 1. The van der Waals surface area contributed by atoms with E-state index < -0.39 is 5.97 Å². The summed E-state index contributed by atoms with van der Waals surface area (Å²) in [5.41, 5.74) is 2.46. The summed E-state index contributed by atoms with van der Waals surface area (Å²) in [6.45, 7) is 0.318. The Morgan fingerprint density at radius 3 is 2.59 bits per heavy atom. The van der Waals surface area contributed by atoms with Crippen LogP contribution >= 0.6 is 11.6 Å². The SMILES string of the molecule is O=C(O)c1cc(-c2ccccc2)nn1Cc1ccc(Cl)nc1. The van der Waals surface area contributed by atoms with Gasteiger partial charge in [0, 0.05) is 11.8 Å². The molecular formula is C16H12ClN3O2. The van der Waals surface area contributed by atoms with Crippen LogP contribution in [0.2, 0.25) is 5.15 Å². The van der Waals surface area contributed by atoms with Gasteiger partial charge < -0.3 is 5.11 Å². The minimum Gasteiger partial charge on any atom is -0.477 e. The average Bonchev–Trinajstić information content (AvgIpc) is 2.95. The highest BCUT2D eigenvalue weighted by Crippen LogP contribution is 2.20. The van der Waals surface area contributed by atoms with Gasteiger partial charge in [-0.2, -0.15) is 5.10 Å². The van der Waals surface area contributed by atoms with Crippen LogP contribution in [0, 0.1) is 0 Å². The van der Waals surface area contributed by atoms with Crippen molar-refractivity contribution >= 4 is 17.6 Å². The monoisotopic (exact) mass is 313 g/mol. The molecule has 1 N–H and O–H groups in total. The maximum absolute atomic E-state index is 11.4. The predicted molar refractivity (Wildman–Crippen MR) is 83.0 cm³/mol. The van der Waals surface area contributed by atoms with Crippen molar-refractivity contribution in [2.75, 3.05) is 0 Å². The van der Waals surface area contributed by atoms with Gasteiger partial charge in [-0.3, -0.25) is 4.68 Å². The first kappa shape index (κ1) is 14.3. The highest BCUT2D eigenvalue weighted by molar-refractivity contribution is 6.29. The van der Waals surface area contributed by atoms with Crippen LogP contribution in [0.15, 0.2) is 54.7 Å². The lowest BCUT2D eigenvalue weighted by Crippen LogP contribution is -2.11. The molecule has 0 bridgehead atoms. The molecule has 0 aliphatic carbocycles. The van der Waals surface area contributed by atoms with Crippen LogP contribution in [0.1, 0.15) is 16.1 Å². The van der Waals surface area contributed by atoms with Gasteiger partial charge in [-0.1, -0.05) is 48.0 Å². The third-order valence-electron chi connectivity index (χ3n) is 3.19. The van der Waals surface area contributed by atoms with Crippen molar-refractivity contribution in [2.45, 2.75) is 6.54 Å². The molecular weight excluding hydrogens is 302 g/mol. The van der Waals surface area contributed by atoms with E-state index in [1.807, 2.05) is 30.3 Å². The summed E-state index contributed by atoms with van der Waals surface area (Å²) in [7, 11) is 0. The zero-order valence-electron chi connectivity index (χ0n) is 11.5. The Morgan fingerprint density at radius 1 is 1.18 bits per heavy atom. The smallest absolute Gasteiger partial charge is 0.354 e. The lowest BCUT2D eigenvalue weighted by molar-refractivity contribution is 0.0684. The van der Waals surface area contributed by atoms with Crippen molar-refractivity contribution in [3.05, 3.63) is 71.1 Å². The summed E-state index contributed by atoms with van der Waals surface area (Å²) in [5, 5.41) is 14.1. The quantitative estimate of drug-likeness (QED) is 0.750. The number of benzene rings is 1. The molecule has 6 heteroatoms. The van der Waals surface area contributed by atoms with Crippen LogP contribution in [-0.2, 0) is 6.54 Å². The van der Waals surface area contributed by atoms with E-state index in [2.05, 4.69) is 10.1 Å². The zero-order valence-corrected chi connectivity index (χ0v) is 12.2. The van der Waals surface area contributed by atoms with Crippen LogP contribution in [-0.4, -0.2) is 25.8 Å². The molecule has 22 heavy (non-hydrogen) atoms. The molecule has 110 valence electrons. The van der Waals surface area contributed by atoms with Crippen LogP contribution in [0.3, 0.4) is 0 Å². The average molecular weight is 314 g/mol. The first-order chi connectivity index (χ1) is 10.6. The van der Waals surface area contributed by atoms with E-state index in [1.54, 1.807) is 24.4 Å². The van der Waals surface area contributed by atoms with Gasteiger partial charge in [0.25, 0.3) is 0 Å². The number of rotatable bonds is 4. The molecule has 0 aliphatic heterocycles. The standard InChI is InChI=1S/C16H12ClN3O2/c17-15-7-6-11(9-18-15)10-20-14(16(21)22)8-13(19-20)12-4-2-1-3-5-12/h1-9H,10H2,(H,21,22). The number of nitrogens with zero attached hydrogens (tertiary/aromatic N) is 3. The lowest BCUT2D eigenvalue weighted by atomic mass is 10.1. The number of hydrogen-bond donors (Lipinski definition) is 1. The summed E-state index contributed by atoms with van der Waals surface area (Å²) in [6, 6.07) is 14.5. The van der Waals surface area contributed by atoms with E-state index in [0.29, 0.717) is 17.4 Å². The third kappa shape index (κ3) is 2.99. The molecule has 0 amide bonds. The Bertz CT molecular complexity index is 798. The molecule has 0 saturated heterocycles. The summed E-state index contributed by atoms with van der Waals surface area (Å²) >= 11 is 5.75. The molecule has 0 fully saturated rings. The Kier molecular flexibility index (Phi) is 3.89. The molecule has 5 nitrogen and oxygen atoms in total. The van der Waals surface area contributed by atoms with Crippen molar-refractivity contribution in [1.29, 1.82) is 0 Å². The van der Waals surface area contributed by atoms with E-state index in [1.165, 1.54) is 4.68 Å². The number of halogens is 1. The molecule has 2 heterocycles. The number of carbonyl (C=O) groups is 1. The van der Waals surface area contributed by atoms with Gasteiger partial charge in [-0.25, -0.2) is 9.78 Å². The van der Waals surface area contributed by atoms with Gasteiger partial charge in [-0.15, -0.1) is 0 Å². The fourth-order valence-corrected chi connectivity index (χ4v) is 2.24. The van der Waals surface area contributed by atoms with E-state index in [0.717, 1.165) is 11.1 Å². The first-order valence-electron chi connectivity index (χ1n) is 6.60. The van der Waals surface area contributed by atoms with Gasteiger partial charge in [0.1, 0.15) is 10.8 Å². The number of hydrogen-bond acceptors (Lipinski definition) is 3. The molecule has 0 spiro atoms. The minimum atomic E-state index is -1.02. The van der Waals surface area contributed by atoms with Crippen LogP contribution in [0.25, 0.3) is 11.3 Å². The van der Waals surface area contributed by atoms with Crippen molar-refractivity contribution in [3.63, 3.8) is 0 Å². The minimum absolute atomic E-state index is 0.133. The largest absolute Gasteiger partial charge is 0.477 e. The molecule has 0 aliphatic rings. The summed E-state index contributed by atoms with van der Waals surface area (Å²) < 4.78 is 1.45. The number of aromatic nitrogens is 3. The van der Waals surface area contributed by atoms with E-state index in [-0.39, 0.29) is 5.69 Å². The maximum atomic E-state index is 11.4. The number of pyridine rings is 1. The highest BCUT2D eigenvalue weighted by Gasteiger charge is 2.15. The van der Waals surface area contributed by atoms with Crippen molar-refractivity contribution in [3.8, 4) is 11.3 Å².